The van der Waals surface area contributed by atoms with E-state index in [1.54, 1.807) is 14.2 Å². The summed E-state index contributed by atoms with van der Waals surface area (Å²) in [6.45, 7) is 3.14. The summed E-state index contributed by atoms with van der Waals surface area (Å²) in [6.07, 6.45) is 2.73. The van der Waals surface area contributed by atoms with Crippen molar-refractivity contribution >= 4 is 0 Å². The SMILES string of the molecule is COc1cc(C2(c3nnc(C4(OC)CCOC4)o3)CC2)ccc1C. The molecule has 1 unspecified atom stereocenters. The van der Waals surface area contributed by atoms with E-state index in [9.17, 15) is 0 Å². The number of hydrogen-bond donors (Lipinski definition) is 0. The molecule has 1 aliphatic heterocycles. The van der Waals surface area contributed by atoms with Crippen LogP contribution in [0.15, 0.2) is 22.6 Å². The summed E-state index contributed by atoms with van der Waals surface area (Å²) in [5, 5.41) is 8.63. The molecule has 1 aromatic carbocycles. The predicted octanol–water partition coefficient (Wildman–Crippen LogP) is 2.73. The third kappa shape index (κ3) is 2.24. The van der Waals surface area contributed by atoms with Crippen LogP contribution in [0.25, 0.3) is 0 Å². The minimum absolute atomic E-state index is 0.194. The van der Waals surface area contributed by atoms with Crippen LogP contribution in [0.4, 0.5) is 0 Å². The van der Waals surface area contributed by atoms with E-state index in [1.807, 2.05) is 6.92 Å². The summed E-state index contributed by atoms with van der Waals surface area (Å²) in [5.41, 5.74) is 1.48. The third-order valence-electron chi connectivity index (χ3n) is 5.31. The van der Waals surface area contributed by atoms with Gasteiger partial charge in [-0.05, 0) is 37.0 Å². The van der Waals surface area contributed by atoms with Crippen molar-refractivity contribution in [2.45, 2.75) is 37.2 Å². The number of nitrogens with zero attached hydrogens (tertiary/aromatic N) is 2. The van der Waals surface area contributed by atoms with Crippen LogP contribution < -0.4 is 4.74 Å². The topological polar surface area (TPSA) is 66.6 Å². The van der Waals surface area contributed by atoms with Gasteiger partial charge in [0.05, 0.1) is 25.7 Å². The maximum absolute atomic E-state index is 6.08. The molecule has 4 rings (SSSR count). The highest BCUT2D eigenvalue weighted by atomic mass is 16.6. The second-order valence-corrected chi connectivity index (χ2v) is 6.68. The van der Waals surface area contributed by atoms with Gasteiger partial charge >= 0.3 is 0 Å². The first-order valence-electron chi connectivity index (χ1n) is 8.26. The number of aromatic nitrogens is 2. The lowest BCUT2D eigenvalue weighted by molar-refractivity contribution is -0.0418. The number of benzene rings is 1. The van der Waals surface area contributed by atoms with Gasteiger partial charge in [-0.2, -0.15) is 0 Å². The molecule has 0 spiro atoms. The largest absolute Gasteiger partial charge is 0.496 e. The smallest absolute Gasteiger partial charge is 0.250 e. The zero-order valence-corrected chi connectivity index (χ0v) is 14.3. The zero-order chi connectivity index (χ0) is 16.8. The maximum atomic E-state index is 6.08. The summed E-state index contributed by atoms with van der Waals surface area (Å²) in [4.78, 5) is 0. The Morgan fingerprint density at radius 2 is 1.88 bits per heavy atom. The van der Waals surface area contributed by atoms with Gasteiger partial charge in [0.1, 0.15) is 5.75 Å². The molecular weight excluding hydrogens is 308 g/mol. The van der Waals surface area contributed by atoms with E-state index >= 15 is 0 Å². The van der Waals surface area contributed by atoms with Gasteiger partial charge in [-0.25, -0.2) is 0 Å². The average molecular weight is 330 g/mol. The van der Waals surface area contributed by atoms with Gasteiger partial charge in [0.2, 0.25) is 5.89 Å². The van der Waals surface area contributed by atoms with E-state index < -0.39 is 5.60 Å². The van der Waals surface area contributed by atoms with E-state index in [0.29, 0.717) is 25.0 Å². The molecule has 6 nitrogen and oxygen atoms in total. The Bertz CT molecular complexity index is 745. The summed E-state index contributed by atoms with van der Waals surface area (Å²) >= 11 is 0. The molecule has 1 saturated carbocycles. The fourth-order valence-electron chi connectivity index (χ4n) is 3.43. The molecule has 0 radical (unpaired) electrons. The summed E-state index contributed by atoms with van der Waals surface area (Å²) in [7, 11) is 3.36. The number of rotatable bonds is 5. The lowest BCUT2D eigenvalue weighted by atomic mass is 9.94. The number of methoxy groups -OCH3 is 2. The molecule has 1 aromatic heterocycles. The minimum atomic E-state index is -0.605. The molecule has 128 valence electrons. The van der Waals surface area contributed by atoms with Gasteiger partial charge in [0.25, 0.3) is 5.89 Å². The molecule has 0 amide bonds. The van der Waals surface area contributed by atoms with Crippen LogP contribution in [-0.4, -0.2) is 37.6 Å². The summed E-state index contributed by atoms with van der Waals surface area (Å²) in [5.74, 6) is 2.06. The van der Waals surface area contributed by atoms with Gasteiger partial charge in [0, 0.05) is 13.5 Å². The highest BCUT2D eigenvalue weighted by Gasteiger charge is 2.52. The predicted molar refractivity (Wildman–Crippen MR) is 86.2 cm³/mol. The molecule has 1 atom stereocenters. The molecule has 24 heavy (non-hydrogen) atoms. The van der Waals surface area contributed by atoms with E-state index in [2.05, 4.69) is 28.4 Å². The van der Waals surface area contributed by atoms with Crippen LogP contribution in [0.5, 0.6) is 5.75 Å². The lowest BCUT2D eigenvalue weighted by Crippen LogP contribution is -2.29. The summed E-state index contributed by atoms with van der Waals surface area (Å²) < 4.78 is 22.7. The first kappa shape index (κ1) is 15.6. The molecule has 2 aliphatic rings. The molecule has 1 saturated heterocycles. The number of ether oxygens (including phenoxy) is 3. The number of aryl methyl sites for hydroxylation is 1. The van der Waals surface area contributed by atoms with Crippen LogP contribution in [0.1, 0.15) is 42.2 Å². The fraction of sp³-hybridized carbons (Fsp3) is 0.556. The minimum Gasteiger partial charge on any atom is -0.496 e. The van der Waals surface area contributed by atoms with Gasteiger partial charge in [-0.15, -0.1) is 10.2 Å². The van der Waals surface area contributed by atoms with Crippen LogP contribution in [0.3, 0.4) is 0 Å². The van der Waals surface area contributed by atoms with E-state index in [1.165, 1.54) is 0 Å². The van der Waals surface area contributed by atoms with Crippen LogP contribution in [0, 0.1) is 6.92 Å². The molecule has 2 heterocycles. The van der Waals surface area contributed by atoms with Gasteiger partial charge < -0.3 is 18.6 Å². The van der Waals surface area contributed by atoms with Gasteiger partial charge in [-0.1, -0.05) is 12.1 Å². The van der Waals surface area contributed by atoms with Crippen molar-refractivity contribution in [2.75, 3.05) is 27.4 Å². The van der Waals surface area contributed by atoms with Crippen molar-refractivity contribution in [3.05, 3.63) is 41.1 Å². The number of hydrogen-bond acceptors (Lipinski definition) is 6. The standard InChI is InChI=1S/C18H22N2O4/c1-12-4-5-13(10-14(12)21-2)17(6-7-17)15-19-20-16(24-15)18(22-3)8-9-23-11-18/h4-5,10H,6-9,11H2,1-3H3. The molecule has 0 N–H and O–H groups in total. The van der Waals surface area contributed by atoms with Crippen molar-refractivity contribution < 1.29 is 18.6 Å². The second kappa shape index (κ2) is 5.57. The van der Waals surface area contributed by atoms with Crippen molar-refractivity contribution in [3.63, 3.8) is 0 Å². The highest BCUT2D eigenvalue weighted by molar-refractivity contribution is 5.45. The first-order valence-corrected chi connectivity index (χ1v) is 8.26. The Morgan fingerprint density at radius 1 is 1.08 bits per heavy atom. The van der Waals surface area contributed by atoms with Crippen molar-refractivity contribution in [1.82, 2.24) is 10.2 Å². The van der Waals surface area contributed by atoms with Gasteiger partial charge in [0.15, 0.2) is 5.60 Å². The fourth-order valence-corrected chi connectivity index (χ4v) is 3.43. The van der Waals surface area contributed by atoms with E-state index in [-0.39, 0.29) is 5.41 Å². The quantitative estimate of drug-likeness (QED) is 0.840. The van der Waals surface area contributed by atoms with E-state index in [4.69, 9.17) is 18.6 Å². The Hall–Kier alpha value is -1.92. The Kier molecular flexibility index (Phi) is 3.62. The van der Waals surface area contributed by atoms with Crippen LogP contribution in [0.2, 0.25) is 0 Å². The van der Waals surface area contributed by atoms with Crippen molar-refractivity contribution in [2.24, 2.45) is 0 Å². The average Bonchev–Trinajstić information content (AvgIpc) is 3.04. The molecule has 2 aromatic rings. The Balaban J connectivity index is 1.69. The lowest BCUT2D eigenvalue weighted by Gasteiger charge is -2.21. The molecule has 1 aliphatic carbocycles. The summed E-state index contributed by atoms with van der Waals surface area (Å²) in [6, 6.07) is 6.28. The third-order valence-corrected chi connectivity index (χ3v) is 5.31. The van der Waals surface area contributed by atoms with Crippen molar-refractivity contribution in [1.29, 1.82) is 0 Å². The Labute approximate surface area is 141 Å². The Morgan fingerprint density at radius 3 is 2.50 bits per heavy atom. The molecule has 0 bridgehead atoms. The second-order valence-electron chi connectivity index (χ2n) is 6.68. The molecule has 2 fully saturated rings. The highest BCUT2D eigenvalue weighted by Crippen LogP contribution is 2.54. The van der Waals surface area contributed by atoms with Gasteiger partial charge in [-0.3, -0.25) is 0 Å². The monoisotopic (exact) mass is 330 g/mol. The molecule has 6 heteroatoms. The van der Waals surface area contributed by atoms with Crippen LogP contribution in [-0.2, 0) is 20.5 Å². The first-order chi connectivity index (χ1) is 11.6. The maximum Gasteiger partial charge on any atom is 0.250 e. The van der Waals surface area contributed by atoms with Crippen LogP contribution >= 0.6 is 0 Å². The van der Waals surface area contributed by atoms with E-state index in [0.717, 1.165) is 36.1 Å². The normalized spacial score (nSPS) is 25.0. The zero-order valence-electron chi connectivity index (χ0n) is 14.3. The van der Waals surface area contributed by atoms with Crippen molar-refractivity contribution in [3.8, 4) is 5.75 Å². The molecular formula is C18H22N2O4.